The highest BCUT2D eigenvalue weighted by atomic mass is 35.5. The normalized spacial score (nSPS) is 11.7. The average Bonchev–Trinajstić information content (AvgIpc) is 2.52. The highest BCUT2D eigenvalue weighted by Crippen LogP contribution is 2.16. The van der Waals surface area contributed by atoms with Crippen LogP contribution in [-0.2, 0) is 9.53 Å². The van der Waals surface area contributed by atoms with Crippen molar-refractivity contribution in [2.45, 2.75) is 26.9 Å². The van der Waals surface area contributed by atoms with Crippen LogP contribution in [0.5, 0.6) is 0 Å². The van der Waals surface area contributed by atoms with Crippen LogP contribution < -0.4 is 5.32 Å². The molecule has 4 nitrogen and oxygen atoms in total. The van der Waals surface area contributed by atoms with Crippen molar-refractivity contribution >= 4 is 29.2 Å². The molecule has 0 aliphatic heterocycles. The summed E-state index contributed by atoms with van der Waals surface area (Å²) in [5, 5.41) is 3.26. The summed E-state index contributed by atoms with van der Waals surface area (Å²) in [6.07, 6.45) is -0.905. The van der Waals surface area contributed by atoms with E-state index < -0.39 is 18.0 Å². The molecule has 0 saturated heterocycles. The third-order valence-electron chi connectivity index (χ3n) is 3.59. The summed E-state index contributed by atoms with van der Waals surface area (Å²) in [6.45, 7) is 5.31. The van der Waals surface area contributed by atoms with E-state index in [9.17, 15) is 9.59 Å². The number of ether oxygens (including phenoxy) is 1. The van der Waals surface area contributed by atoms with E-state index in [4.69, 9.17) is 16.3 Å². The van der Waals surface area contributed by atoms with Gasteiger partial charge in [0.05, 0.1) is 5.56 Å². The SMILES string of the molecule is Cc1cccc(C(=O)O[C@@H](C)C(=O)Nc2ccc(Cl)cc2)c1C. The molecule has 0 aliphatic carbocycles. The Labute approximate surface area is 140 Å². The quantitative estimate of drug-likeness (QED) is 0.857. The molecule has 1 atom stereocenters. The number of carbonyl (C=O) groups is 2. The Balaban J connectivity index is 2.01. The minimum Gasteiger partial charge on any atom is -0.449 e. The molecule has 0 radical (unpaired) electrons. The predicted octanol–water partition coefficient (Wildman–Crippen LogP) is 4.14. The fourth-order valence-corrected chi connectivity index (χ4v) is 2.15. The smallest absolute Gasteiger partial charge is 0.339 e. The number of hydrogen-bond donors (Lipinski definition) is 1. The summed E-state index contributed by atoms with van der Waals surface area (Å²) < 4.78 is 5.25. The van der Waals surface area contributed by atoms with E-state index in [1.165, 1.54) is 6.92 Å². The van der Waals surface area contributed by atoms with Gasteiger partial charge >= 0.3 is 5.97 Å². The van der Waals surface area contributed by atoms with Crippen LogP contribution in [0.1, 0.15) is 28.4 Å². The van der Waals surface area contributed by atoms with Crippen molar-refractivity contribution in [3.05, 3.63) is 64.2 Å². The lowest BCUT2D eigenvalue weighted by Gasteiger charge is -2.15. The zero-order valence-corrected chi connectivity index (χ0v) is 14.0. The number of halogens is 1. The van der Waals surface area contributed by atoms with Gasteiger partial charge in [-0.25, -0.2) is 4.79 Å². The molecular weight excluding hydrogens is 314 g/mol. The van der Waals surface area contributed by atoms with Crippen molar-refractivity contribution in [1.29, 1.82) is 0 Å². The van der Waals surface area contributed by atoms with Crippen LogP contribution >= 0.6 is 11.6 Å². The molecule has 2 rings (SSSR count). The minimum absolute atomic E-state index is 0.397. The molecule has 0 aromatic heterocycles. The number of hydrogen-bond acceptors (Lipinski definition) is 3. The zero-order valence-electron chi connectivity index (χ0n) is 13.2. The van der Waals surface area contributed by atoms with Crippen LogP contribution in [0, 0.1) is 13.8 Å². The van der Waals surface area contributed by atoms with E-state index in [0.29, 0.717) is 16.3 Å². The number of nitrogens with one attached hydrogen (secondary N) is 1. The van der Waals surface area contributed by atoms with Crippen LogP contribution in [0.4, 0.5) is 5.69 Å². The second-order valence-corrected chi connectivity index (χ2v) is 5.73. The van der Waals surface area contributed by atoms with Crippen molar-refractivity contribution in [2.24, 2.45) is 0 Å². The monoisotopic (exact) mass is 331 g/mol. The van der Waals surface area contributed by atoms with Crippen molar-refractivity contribution in [3.8, 4) is 0 Å². The van der Waals surface area contributed by atoms with Gasteiger partial charge in [0, 0.05) is 10.7 Å². The molecule has 1 amide bonds. The molecule has 1 N–H and O–H groups in total. The molecule has 120 valence electrons. The van der Waals surface area contributed by atoms with Gasteiger partial charge in [-0.3, -0.25) is 4.79 Å². The third-order valence-corrected chi connectivity index (χ3v) is 3.84. The fourth-order valence-electron chi connectivity index (χ4n) is 2.03. The number of amides is 1. The van der Waals surface area contributed by atoms with Gasteiger partial charge in [0.1, 0.15) is 0 Å². The number of carbonyl (C=O) groups excluding carboxylic acids is 2. The minimum atomic E-state index is -0.905. The highest BCUT2D eigenvalue weighted by Gasteiger charge is 2.20. The van der Waals surface area contributed by atoms with Gasteiger partial charge in [-0.15, -0.1) is 0 Å². The highest BCUT2D eigenvalue weighted by molar-refractivity contribution is 6.30. The van der Waals surface area contributed by atoms with E-state index in [1.807, 2.05) is 19.9 Å². The van der Waals surface area contributed by atoms with Crippen molar-refractivity contribution in [3.63, 3.8) is 0 Å². The first kappa shape index (κ1) is 17.0. The summed E-state index contributed by atoms with van der Waals surface area (Å²) in [5.74, 6) is -0.907. The van der Waals surface area contributed by atoms with Crippen LogP contribution in [-0.4, -0.2) is 18.0 Å². The lowest BCUT2D eigenvalue weighted by Crippen LogP contribution is -2.30. The Morgan fingerprint density at radius 2 is 1.74 bits per heavy atom. The zero-order chi connectivity index (χ0) is 17.0. The van der Waals surface area contributed by atoms with Gasteiger partial charge in [0.2, 0.25) is 0 Å². The maximum absolute atomic E-state index is 12.2. The number of esters is 1. The Hall–Kier alpha value is -2.33. The van der Waals surface area contributed by atoms with E-state index in [1.54, 1.807) is 36.4 Å². The Bertz CT molecular complexity index is 726. The Morgan fingerprint density at radius 3 is 2.39 bits per heavy atom. The van der Waals surface area contributed by atoms with Gasteiger partial charge in [-0.1, -0.05) is 23.7 Å². The molecule has 5 heteroatoms. The van der Waals surface area contributed by atoms with Gasteiger partial charge < -0.3 is 10.1 Å². The molecule has 2 aromatic carbocycles. The van der Waals surface area contributed by atoms with E-state index >= 15 is 0 Å². The molecule has 0 fully saturated rings. The molecular formula is C18H18ClNO3. The van der Waals surface area contributed by atoms with Crippen LogP contribution in [0.3, 0.4) is 0 Å². The largest absolute Gasteiger partial charge is 0.449 e. The summed E-state index contributed by atoms with van der Waals surface area (Å²) in [6, 6.07) is 12.1. The van der Waals surface area contributed by atoms with Gasteiger partial charge in [-0.2, -0.15) is 0 Å². The van der Waals surface area contributed by atoms with Crippen LogP contribution in [0.25, 0.3) is 0 Å². The molecule has 0 unspecified atom stereocenters. The number of anilines is 1. The molecule has 0 spiro atoms. The number of aryl methyl sites for hydroxylation is 1. The van der Waals surface area contributed by atoms with Crippen LogP contribution in [0.2, 0.25) is 5.02 Å². The van der Waals surface area contributed by atoms with E-state index in [-0.39, 0.29) is 0 Å². The topological polar surface area (TPSA) is 55.4 Å². The summed E-state index contributed by atoms with van der Waals surface area (Å²) in [4.78, 5) is 24.3. The van der Waals surface area contributed by atoms with Crippen molar-refractivity contribution < 1.29 is 14.3 Å². The second kappa shape index (κ2) is 7.29. The van der Waals surface area contributed by atoms with Gasteiger partial charge in [0.25, 0.3) is 5.91 Å². The fraction of sp³-hybridized carbons (Fsp3) is 0.222. The lowest BCUT2D eigenvalue weighted by molar-refractivity contribution is -0.123. The standard InChI is InChI=1S/C18H18ClNO3/c1-11-5-4-6-16(12(11)2)18(22)23-13(3)17(21)20-15-9-7-14(19)8-10-15/h4-10,13H,1-3H3,(H,20,21)/t13-/m0/s1. The molecule has 0 heterocycles. The van der Waals surface area contributed by atoms with E-state index in [2.05, 4.69) is 5.32 Å². The molecule has 0 aliphatic rings. The molecule has 23 heavy (non-hydrogen) atoms. The van der Waals surface area contributed by atoms with Crippen molar-refractivity contribution in [1.82, 2.24) is 0 Å². The van der Waals surface area contributed by atoms with Crippen molar-refractivity contribution in [2.75, 3.05) is 5.32 Å². The van der Waals surface area contributed by atoms with Gasteiger partial charge in [0.15, 0.2) is 6.10 Å². The maximum Gasteiger partial charge on any atom is 0.339 e. The summed E-state index contributed by atoms with van der Waals surface area (Å²) in [5.41, 5.74) is 2.91. The second-order valence-electron chi connectivity index (χ2n) is 5.29. The molecule has 0 saturated carbocycles. The maximum atomic E-state index is 12.2. The average molecular weight is 332 g/mol. The third kappa shape index (κ3) is 4.33. The van der Waals surface area contributed by atoms with Crippen LogP contribution in [0.15, 0.2) is 42.5 Å². The number of rotatable bonds is 4. The Morgan fingerprint density at radius 1 is 1.09 bits per heavy atom. The first-order valence-corrected chi connectivity index (χ1v) is 7.60. The first-order valence-electron chi connectivity index (χ1n) is 7.22. The lowest BCUT2D eigenvalue weighted by atomic mass is 10.0. The first-order chi connectivity index (χ1) is 10.9. The molecule has 0 bridgehead atoms. The Kier molecular flexibility index (Phi) is 5.40. The predicted molar refractivity (Wildman–Crippen MR) is 90.9 cm³/mol. The van der Waals surface area contributed by atoms with E-state index in [0.717, 1.165) is 11.1 Å². The van der Waals surface area contributed by atoms with Gasteiger partial charge in [-0.05, 0) is 62.2 Å². The summed E-state index contributed by atoms with van der Waals surface area (Å²) in [7, 11) is 0. The number of benzene rings is 2. The summed E-state index contributed by atoms with van der Waals surface area (Å²) >= 11 is 5.79. The molecule has 2 aromatic rings.